The van der Waals surface area contributed by atoms with Gasteiger partial charge in [-0.3, -0.25) is 4.79 Å². The van der Waals surface area contributed by atoms with Gasteiger partial charge in [-0.05, 0) is 30.7 Å². The predicted molar refractivity (Wildman–Crippen MR) is 77.1 cm³/mol. The van der Waals surface area contributed by atoms with Crippen LogP contribution in [0.25, 0.3) is 0 Å². The molecule has 0 radical (unpaired) electrons. The normalized spacial score (nSPS) is 28.8. The highest BCUT2D eigenvalue weighted by molar-refractivity contribution is 8.13. The number of thioether (sulfide) groups is 1. The molecule has 2 aliphatic rings. The van der Waals surface area contributed by atoms with E-state index in [0.717, 1.165) is 31.7 Å². The number of sulfone groups is 1. The van der Waals surface area contributed by atoms with E-state index in [-0.39, 0.29) is 22.9 Å². The molecule has 7 heteroatoms. The van der Waals surface area contributed by atoms with Crippen molar-refractivity contribution in [3.05, 3.63) is 0 Å². The number of carbonyl (C=O) groups excluding carboxylic acids is 1. The molecule has 2 aliphatic heterocycles. The van der Waals surface area contributed by atoms with Gasteiger partial charge in [-0.15, -0.1) is 12.4 Å². The van der Waals surface area contributed by atoms with E-state index in [2.05, 4.69) is 5.32 Å². The van der Waals surface area contributed by atoms with Crippen LogP contribution >= 0.6 is 24.2 Å². The number of hydrogen-bond donors (Lipinski definition) is 1. The second-order valence-corrected chi connectivity index (χ2v) is 8.65. The van der Waals surface area contributed by atoms with E-state index in [1.807, 2.05) is 0 Å². The molecule has 1 N–H and O–H groups in total. The fourth-order valence-electron chi connectivity index (χ4n) is 2.84. The average molecular weight is 314 g/mol. The number of nitrogens with one attached hydrogen (secondary N) is 1. The van der Waals surface area contributed by atoms with E-state index in [1.54, 1.807) is 6.92 Å². The lowest BCUT2D eigenvalue weighted by Crippen LogP contribution is -2.40. The zero-order valence-electron chi connectivity index (χ0n) is 10.5. The van der Waals surface area contributed by atoms with Crippen molar-refractivity contribution >= 4 is 39.1 Å². The fourth-order valence-corrected chi connectivity index (χ4v) is 5.39. The second kappa shape index (κ2) is 6.11. The lowest BCUT2D eigenvalue weighted by Gasteiger charge is -2.37. The van der Waals surface area contributed by atoms with Crippen molar-refractivity contribution in [1.82, 2.24) is 5.32 Å². The summed E-state index contributed by atoms with van der Waals surface area (Å²) in [5, 5.41) is 3.51. The maximum absolute atomic E-state index is 11.5. The summed E-state index contributed by atoms with van der Waals surface area (Å²) in [6, 6.07) is 0. The lowest BCUT2D eigenvalue weighted by molar-refractivity contribution is -0.109. The van der Waals surface area contributed by atoms with E-state index in [1.165, 1.54) is 11.8 Å². The van der Waals surface area contributed by atoms with Gasteiger partial charge < -0.3 is 5.32 Å². The Kier molecular flexibility index (Phi) is 5.53. The zero-order valence-corrected chi connectivity index (χ0v) is 12.9. The molecular formula is C11H20ClNO3S2. The molecule has 18 heavy (non-hydrogen) atoms. The van der Waals surface area contributed by atoms with Crippen LogP contribution < -0.4 is 5.32 Å². The minimum absolute atomic E-state index is 0. The Hall–Kier alpha value is 0.220. The van der Waals surface area contributed by atoms with E-state index < -0.39 is 9.84 Å². The largest absolute Gasteiger partial charge is 0.316 e. The van der Waals surface area contributed by atoms with Crippen molar-refractivity contribution in [2.24, 2.45) is 11.3 Å². The van der Waals surface area contributed by atoms with Gasteiger partial charge in [0.05, 0.1) is 11.5 Å². The summed E-state index contributed by atoms with van der Waals surface area (Å²) >= 11 is 1.37. The topological polar surface area (TPSA) is 63.2 Å². The van der Waals surface area contributed by atoms with Crippen LogP contribution in [0.15, 0.2) is 0 Å². The molecule has 0 aromatic carbocycles. The maximum atomic E-state index is 11.5. The first-order valence-electron chi connectivity index (χ1n) is 5.98. The van der Waals surface area contributed by atoms with Gasteiger partial charge in [-0.25, -0.2) is 8.42 Å². The Balaban J connectivity index is 0.00000162. The molecule has 106 valence electrons. The molecule has 1 unspecified atom stereocenters. The van der Waals surface area contributed by atoms with Crippen LogP contribution in [0.4, 0.5) is 0 Å². The van der Waals surface area contributed by atoms with Gasteiger partial charge in [-0.1, -0.05) is 11.8 Å². The van der Waals surface area contributed by atoms with E-state index in [0.29, 0.717) is 17.4 Å². The first-order valence-corrected chi connectivity index (χ1v) is 8.79. The summed E-state index contributed by atoms with van der Waals surface area (Å²) < 4.78 is 23.0. The molecule has 0 bridgehead atoms. The quantitative estimate of drug-likeness (QED) is 0.827. The van der Waals surface area contributed by atoms with Gasteiger partial charge in [0.1, 0.15) is 9.84 Å². The van der Waals surface area contributed by atoms with E-state index in [4.69, 9.17) is 0 Å². The third-order valence-electron chi connectivity index (χ3n) is 4.04. The molecule has 1 atom stereocenters. The van der Waals surface area contributed by atoms with Crippen LogP contribution in [-0.2, 0) is 14.6 Å². The summed E-state index contributed by atoms with van der Waals surface area (Å²) in [5.74, 6) is 1.89. The van der Waals surface area contributed by atoms with Gasteiger partial charge in [0.15, 0.2) is 5.12 Å². The van der Waals surface area contributed by atoms with Crippen LogP contribution in [0.1, 0.15) is 19.8 Å². The number of carbonyl (C=O) groups is 1. The minimum Gasteiger partial charge on any atom is -0.316 e. The van der Waals surface area contributed by atoms with Crippen LogP contribution in [-0.4, -0.2) is 43.9 Å². The highest BCUT2D eigenvalue weighted by atomic mass is 35.5. The zero-order chi connectivity index (χ0) is 12.5. The van der Waals surface area contributed by atoms with Gasteiger partial charge in [-0.2, -0.15) is 0 Å². The molecule has 4 nitrogen and oxygen atoms in total. The summed E-state index contributed by atoms with van der Waals surface area (Å²) in [7, 11) is -2.80. The van der Waals surface area contributed by atoms with E-state index in [9.17, 15) is 13.2 Å². The maximum Gasteiger partial charge on any atom is 0.185 e. The van der Waals surface area contributed by atoms with Crippen molar-refractivity contribution in [3.63, 3.8) is 0 Å². The predicted octanol–water partition coefficient (Wildman–Crippen LogP) is 1.10. The molecule has 1 spiro atoms. The molecule has 0 aromatic heterocycles. The van der Waals surface area contributed by atoms with E-state index >= 15 is 0 Å². The Morgan fingerprint density at radius 1 is 1.39 bits per heavy atom. The van der Waals surface area contributed by atoms with Crippen LogP contribution in [0, 0.1) is 11.3 Å². The fraction of sp³-hybridized carbons (Fsp3) is 0.909. The minimum atomic E-state index is -2.80. The second-order valence-electron chi connectivity index (χ2n) is 5.14. The number of rotatable bonds is 2. The first-order chi connectivity index (χ1) is 7.94. The van der Waals surface area contributed by atoms with Crippen molar-refractivity contribution in [3.8, 4) is 0 Å². The lowest BCUT2D eigenvalue weighted by atomic mass is 9.74. The molecular weight excluding hydrogens is 294 g/mol. The molecule has 2 rings (SSSR count). The smallest absolute Gasteiger partial charge is 0.185 e. The summed E-state index contributed by atoms with van der Waals surface area (Å²) in [6.45, 7) is 3.41. The van der Waals surface area contributed by atoms with Gasteiger partial charge in [0.2, 0.25) is 0 Å². The molecule has 0 aromatic rings. The van der Waals surface area contributed by atoms with Gasteiger partial charge in [0.25, 0.3) is 0 Å². The van der Waals surface area contributed by atoms with Gasteiger partial charge in [0, 0.05) is 19.2 Å². The third kappa shape index (κ3) is 3.62. The van der Waals surface area contributed by atoms with Crippen LogP contribution in [0.2, 0.25) is 0 Å². The molecule has 2 saturated heterocycles. The van der Waals surface area contributed by atoms with Crippen LogP contribution in [0.3, 0.4) is 0 Å². The van der Waals surface area contributed by atoms with Crippen molar-refractivity contribution in [1.29, 1.82) is 0 Å². The summed E-state index contributed by atoms with van der Waals surface area (Å²) in [6.07, 6.45) is 1.51. The first kappa shape index (κ1) is 16.3. The Morgan fingerprint density at radius 3 is 2.56 bits per heavy atom. The molecule has 2 heterocycles. The van der Waals surface area contributed by atoms with Gasteiger partial charge >= 0.3 is 0 Å². The third-order valence-corrected chi connectivity index (χ3v) is 6.67. The van der Waals surface area contributed by atoms with Crippen molar-refractivity contribution in [2.75, 3.05) is 30.3 Å². The molecule has 0 amide bonds. The highest BCUT2D eigenvalue weighted by Crippen LogP contribution is 2.43. The van der Waals surface area contributed by atoms with Crippen molar-refractivity contribution < 1.29 is 13.2 Å². The Bertz CT molecular complexity index is 397. The highest BCUT2D eigenvalue weighted by Gasteiger charge is 2.46. The number of halogens is 1. The molecule has 2 fully saturated rings. The number of hydrogen-bond acceptors (Lipinski definition) is 5. The SMILES string of the molecule is CC(=O)SCC1CNCC12CCS(=O)(=O)CC2.Cl. The average Bonchev–Trinajstić information content (AvgIpc) is 2.64. The molecule has 0 aliphatic carbocycles. The Labute approximate surface area is 119 Å². The Morgan fingerprint density at radius 2 is 2.00 bits per heavy atom. The molecule has 0 saturated carbocycles. The standard InChI is InChI=1S/C11H19NO3S2.ClH/c1-9(13)16-7-10-6-12-8-11(10)2-4-17(14,15)5-3-11;/h10,12H,2-8H2,1H3;1H. The summed E-state index contributed by atoms with van der Waals surface area (Å²) in [4.78, 5) is 11.0. The van der Waals surface area contributed by atoms with Crippen LogP contribution in [0.5, 0.6) is 0 Å². The summed E-state index contributed by atoms with van der Waals surface area (Å²) in [5.41, 5.74) is 0.119. The monoisotopic (exact) mass is 313 g/mol. The van der Waals surface area contributed by atoms with Crippen molar-refractivity contribution in [2.45, 2.75) is 19.8 Å².